The highest BCUT2D eigenvalue weighted by Crippen LogP contribution is 2.25. The van der Waals surface area contributed by atoms with Crippen LogP contribution in [0.1, 0.15) is 31.3 Å². The SMILES string of the molecule is CC(C)Cn1ncnc1CC(N)c1c(F)cc(Br)cc1F. The zero-order chi connectivity index (χ0) is 15.6. The second-order valence-electron chi connectivity index (χ2n) is 5.35. The first-order chi connectivity index (χ1) is 9.88. The highest BCUT2D eigenvalue weighted by Gasteiger charge is 2.20. The Kier molecular flexibility index (Phi) is 5.05. The number of aromatic nitrogens is 3. The van der Waals surface area contributed by atoms with Crippen LogP contribution in [0.4, 0.5) is 8.78 Å². The van der Waals surface area contributed by atoms with Crippen molar-refractivity contribution in [3.63, 3.8) is 0 Å². The Morgan fingerprint density at radius 2 is 1.90 bits per heavy atom. The van der Waals surface area contributed by atoms with Crippen LogP contribution in [-0.2, 0) is 13.0 Å². The Morgan fingerprint density at radius 3 is 2.48 bits per heavy atom. The number of hydrogen-bond acceptors (Lipinski definition) is 3. The van der Waals surface area contributed by atoms with Gasteiger partial charge in [-0.25, -0.2) is 18.4 Å². The van der Waals surface area contributed by atoms with Crippen molar-refractivity contribution in [1.29, 1.82) is 0 Å². The maximum Gasteiger partial charge on any atom is 0.138 e. The molecule has 0 spiro atoms. The Balaban J connectivity index is 2.23. The molecule has 1 unspecified atom stereocenters. The summed E-state index contributed by atoms with van der Waals surface area (Å²) in [6, 6.07) is 1.60. The summed E-state index contributed by atoms with van der Waals surface area (Å²) in [5.74, 6) is -0.311. The van der Waals surface area contributed by atoms with E-state index in [4.69, 9.17) is 5.73 Å². The van der Waals surface area contributed by atoms with Crippen molar-refractivity contribution in [2.75, 3.05) is 0 Å². The van der Waals surface area contributed by atoms with Gasteiger partial charge < -0.3 is 5.73 Å². The van der Waals surface area contributed by atoms with Gasteiger partial charge in [-0.2, -0.15) is 5.10 Å². The van der Waals surface area contributed by atoms with Gasteiger partial charge in [0.2, 0.25) is 0 Å². The minimum absolute atomic E-state index is 0.128. The molecule has 2 aromatic rings. The van der Waals surface area contributed by atoms with Crippen molar-refractivity contribution in [2.24, 2.45) is 11.7 Å². The fourth-order valence-corrected chi connectivity index (χ4v) is 2.55. The summed E-state index contributed by atoms with van der Waals surface area (Å²) in [6.45, 7) is 4.80. The number of nitrogens with zero attached hydrogens (tertiary/aromatic N) is 3. The average molecular weight is 359 g/mol. The standard InChI is InChI=1S/C14H17BrF2N4/c1-8(2)6-21-13(19-7-20-21)5-12(18)14-10(16)3-9(15)4-11(14)17/h3-4,7-8,12H,5-6,18H2,1-2H3. The fraction of sp³-hybridized carbons (Fsp3) is 0.429. The van der Waals surface area contributed by atoms with Gasteiger partial charge >= 0.3 is 0 Å². The van der Waals surface area contributed by atoms with Crippen LogP contribution in [0, 0.1) is 17.6 Å². The smallest absolute Gasteiger partial charge is 0.138 e. The van der Waals surface area contributed by atoms with Gasteiger partial charge in [-0.05, 0) is 18.1 Å². The first-order valence-corrected chi connectivity index (χ1v) is 7.44. The lowest BCUT2D eigenvalue weighted by Crippen LogP contribution is -2.20. The fourth-order valence-electron chi connectivity index (χ4n) is 2.15. The molecule has 7 heteroatoms. The third kappa shape index (κ3) is 3.85. The summed E-state index contributed by atoms with van der Waals surface area (Å²) in [7, 11) is 0. The van der Waals surface area contributed by atoms with E-state index in [1.807, 2.05) is 0 Å². The molecule has 1 aromatic carbocycles. The van der Waals surface area contributed by atoms with E-state index in [0.717, 1.165) is 0 Å². The predicted octanol–water partition coefficient (Wildman–Crippen LogP) is 3.22. The van der Waals surface area contributed by atoms with Crippen molar-refractivity contribution in [1.82, 2.24) is 14.8 Å². The highest BCUT2D eigenvalue weighted by atomic mass is 79.9. The molecule has 0 aliphatic carbocycles. The van der Waals surface area contributed by atoms with Gasteiger partial charge in [0, 0.05) is 29.0 Å². The van der Waals surface area contributed by atoms with Crippen molar-refractivity contribution >= 4 is 15.9 Å². The van der Waals surface area contributed by atoms with Crippen LogP contribution >= 0.6 is 15.9 Å². The zero-order valence-corrected chi connectivity index (χ0v) is 13.4. The first kappa shape index (κ1) is 16.0. The van der Waals surface area contributed by atoms with Crippen LogP contribution in [0.3, 0.4) is 0 Å². The number of rotatable bonds is 5. The lowest BCUT2D eigenvalue weighted by atomic mass is 10.0. The van der Waals surface area contributed by atoms with Crippen molar-refractivity contribution in [3.8, 4) is 0 Å². The van der Waals surface area contributed by atoms with E-state index in [2.05, 4.69) is 39.9 Å². The van der Waals surface area contributed by atoms with E-state index in [1.165, 1.54) is 18.5 Å². The van der Waals surface area contributed by atoms with Gasteiger partial charge in [0.15, 0.2) is 0 Å². The molecule has 1 aromatic heterocycles. The quantitative estimate of drug-likeness (QED) is 0.892. The first-order valence-electron chi connectivity index (χ1n) is 6.65. The summed E-state index contributed by atoms with van der Waals surface area (Å²) < 4.78 is 29.9. The van der Waals surface area contributed by atoms with Crippen LogP contribution < -0.4 is 5.73 Å². The largest absolute Gasteiger partial charge is 0.323 e. The van der Waals surface area contributed by atoms with Crippen LogP contribution in [0.5, 0.6) is 0 Å². The van der Waals surface area contributed by atoms with Crippen LogP contribution in [0.2, 0.25) is 0 Å². The maximum absolute atomic E-state index is 13.9. The van der Waals surface area contributed by atoms with Crippen LogP contribution in [-0.4, -0.2) is 14.8 Å². The molecule has 0 bridgehead atoms. The molecule has 0 aliphatic heterocycles. The van der Waals surface area contributed by atoms with Gasteiger partial charge in [-0.15, -0.1) is 0 Å². The maximum atomic E-state index is 13.9. The van der Waals surface area contributed by atoms with E-state index in [1.54, 1.807) is 4.68 Å². The average Bonchev–Trinajstić information content (AvgIpc) is 2.74. The van der Waals surface area contributed by atoms with E-state index in [-0.39, 0.29) is 12.0 Å². The number of nitrogens with two attached hydrogens (primary N) is 1. The van der Waals surface area contributed by atoms with Gasteiger partial charge in [0.05, 0.1) is 0 Å². The van der Waals surface area contributed by atoms with E-state index in [0.29, 0.717) is 22.8 Å². The van der Waals surface area contributed by atoms with E-state index < -0.39 is 17.7 Å². The second-order valence-corrected chi connectivity index (χ2v) is 6.26. The van der Waals surface area contributed by atoms with Crippen molar-refractivity contribution in [2.45, 2.75) is 32.9 Å². The Hall–Kier alpha value is -1.34. The molecule has 0 aliphatic rings. The van der Waals surface area contributed by atoms with Crippen LogP contribution in [0.15, 0.2) is 22.9 Å². The number of hydrogen-bond donors (Lipinski definition) is 1. The second kappa shape index (κ2) is 6.62. The molecule has 0 amide bonds. The zero-order valence-electron chi connectivity index (χ0n) is 11.9. The molecule has 114 valence electrons. The number of benzene rings is 1. The molecule has 2 N–H and O–H groups in total. The molecule has 0 fully saturated rings. The molecule has 21 heavy (non-hydrogen) atoms. The molecule has 1 atom stereocenters. The molecule has 1 heterocycles. The van der Waals surface area contributed by atoms with Gasteiger partial charge in [0.25, 0.3) is 0 Å². The summed E-state index contributed by atoms with van der Waals surface area (Å²) in [4.78, 5) is 4.13. The summed E-state index contributed by atoms with van der Waals surface area (Å²) in [6.07, 6.45) is 1.65. The minimum atomic E-state index is -0.812. The third-order valence-corrected chi connectivity index (χ3v) is 3.51. The molecule has 0 saturated heterocycles. The lowest BCUT2D eigenvalue weighted by molar-refractivity contribution is 0.453. The molecule has 0 radical (unpaired) electrons. The summed E-state index contributed by atoms with van der Waals surface area (Å²) in [5, 5.41) is 4.12. The highest BCUT2D eigenvalue weighted by molar-refractivity contribution is 9.10. The van der Waals surface area contributed by atoms with Crippen LogP contribution in [0.25, 0.3) is 0 Å². The van der Waals surface area contributed by atoms with E-state index in [9.17, 15) is 8.78 Å². The molecule has 0 saturated carbocycles. The van der Waals surface area contributed by atoms with Gasteiger partial charge in [-0.3, -0.25) is 0 Å². The van der Waals surface area contributed by atoms with Gasteiger partial charge in [-0.1, -0.05) is 29.8 Å². The third-order valence-electron chi connectivity index (χ3n) is 3.05. The summed E-state index contributed by atoms with van der Waals surface area (Å²) >= 11 is 3.05. The molecular weight excluding hydrogens is 342 g/mol. The Labute approximate surface area is 130 Å². The topological polar surface area (TPSA) is 56.7 Å². The summed E-state index contributed by atoms with van der Waals surface area (Å²) in [5.41, 5.74) is 5.83. The van der Waals surface area contributed by atoms with E-state index >= 15 is 0 Å². The molecular formula is C14H17BrF2N4. The van der Waals surface area contributed by atoms with Gasteiger partial charge in [0.1, 0.15) is 23.8 Å². The predicted molar refractivity (Wildman–Crippen MR) is 79.6 cm³/mol. The Bertz CT molecular complexity index is 604. The normalized spacial score (nSPS) is 12.9. The minimum Gasteiger partial charge on any atom is -0.323 e. The van der Waals surface area contributed by atoms with Crippen molar-refractivity contribution < 1.29 is 8.78 Å². The Morgan fingerprint density at radius 1 is 1.29 bits per heavy atom. The molecule has 4 nitrogen and oxygen atoms in total. The van der Waals surface area contributed by atoms with Crippen molar-refractivity contribution in [3.05, 3.63) is 46.0 Å². The number of halogens is 3. The monoisotopic (exact) mass is 358 g/mol. The lowest BCUT2D eigenvalue weighted by Gasteiger charge is -2.15. The molecule has 2 rings (SSSR count).